The molecule has 0 atom stereocenters. The number of halogens is 2. The minimum Gasteiger partial charge on any atom is -0.506 e. The maximum atomic E-state index is 10.2. The molecule has 2 aromatic carbocycles. The number of benzene rings is 2. The maximum Gasteiger partial charge on any atom is 0.216 e. The van der Waals surface area contributed by atoms with E-state index in [9.17, 15) is 5.11 Å². The molecule has 0 spiro atoms. The van der Waals surface area contributed by atoms with E-state index in [4.69, 9.17) is 17.0 Å². The topological polar surface area (TPSA) is 75.4 Å². The van der Waals surface area contributed by atoms with Gasteiger partial charge in [0.05, 0.1) is 16.4 Å². The molecule has 3 aromatic rings. The van der Waals surface area contributed by atoms with Gasteiger partial charge in [-0.1, -0.05) is 0 Å². The molecule has 0 fully saturated rings. The summed E-state index contributed by atoms with van der Waals surface area (Å²) in [5, 5.41) is 21.6. The summed E-state index contributed by atoms with van der Waals surface area (Å²) < 4.78 is 9.12. The van der Waals surface area contributed by atoms with Crippen molar-refractivity contribution in [3.8, 4) is 22.9 Å². The largest absolute Gasteiger partial charge is 0.506 e. The van der Waals surface area contributed by atoms with Gasteiger partial charge in [-0.15, -0.1) is 0 Å². The summed E-state index contributed by atoms with van der Waals surface area (Å²) in [6.45, 7) is 2.55. The van der Waals surface area contributed by atoms with Crippen LogP contribution < -0.4 is 4.74 Å². The fourth-order valence-corrected chi connectivity index (χ4v) is 4.33. The molecule has 1 heterocycles. The minimum atomic E-state index is 0.187. The Labute approximate surface area is 182 Å². The van der Waals surface area contributed by atoms with Gasteiger partial charge >= 0.3 is 0 Å². The molecule has 26 heavy (non-hydrogen) atoms. The molecule has 1 aromatic heterocycles. The van der Waals surface area contributed by atoms with Crippen molar-refractivity contribution in [2.75, 3.05) is 6.61 Å². The first-order valence-corrected chi connectivity index (χ1v) is 10.2. The molecule has 0 bridgehead atoms. The Morgan fingerprint density at radius 3 is 2.73 bits per heavy atom. The highest BCUT2D eigenvalue weighted by Crippen LogP contribution is 2.26. The number of phenolic OH excluding ortho intramolecular Hbond substituents is 1. The molecular formula is C17H14I2N4O2S. The number of phenols is 1. The molecule has 0 aliphatic heterocycles. The van der Waals surface area contributed by atoms with Crippen molar-refractivity contribution in [2.24, 2.45) is 5.10 Å². The lowest BCUT2D eigenvalue weighted by atomic mass is 10.2. The summed E-state index contributed by atoms with van der Waals surface area (Å²) in [5.41, 5.74) is 1.46. The number of aromatic amines is 1. The average molecular weight is 592 g/mol. The van der Waals surface area contributed by atoms with Crippen LogP contribution in [-0.2, 0) is 0 Å². The Kier molecular flexibility index (Phi) is 6.29. The summed E-state index contributed by atoms with van der Waals surface area (Å²) in [6.07, 6.45) is 1.57. The minimum absolute atomic E-state index is 0.187. The Morgan fingerprint density at radius 1 is 1.31 bits per heavy atom. The third-order valence-corrected chi connectivity index (χ3v) is 5.15. The van der Waals surface area contributed by atoms with E-state index in [0.29, 0.717) is 22.8 Å². The van der Waals surface area contributed by atoms with Crippen molar-refractivity contribution in [3.05, 3.63) is 53.9 Å². The zero-order valence-electron chi connectivity index (χ0n) is 13.6. The quantitative estimate of drug-likeness (QED) is 0.254. The van der Waals surface area contributed by atoms with Crippen molar-refractivity contribution < 1.29 is 9.84 Å². The molecule has 134 valence electrons. The lowest BCUT2D eigenvalue weighted by molar-refractivity contribution is 0.340. The smallest absolute Gasteiger partial charge is 0.216 e. The van der Waals surface area contributed by atoms with Gasteiger partial charge in [-0.05, 0) is 101 Å². The number of hydrogen-bond donors (Lipinski definition) is 2. The van der Waals surface area contributed by atoms with E-state index in [0.717, 1.165) is 18.5 Å². The maximum absolute atomic E-state index is 10.2. The predicted molar refractivity (Wildman–Crippen MR) is 121 cm³/mol. The van der Waals surface area contributed by atoms with E-state index >= 15 is 0 Å². The van der Waals surface area contributed by atoms with Crippen LogP contribution in [0.2, 0.25) is 0 Å². The molecular weight excluding hydrogens is 578 g/mol. The van der Waals surface area contributed by atoms with Crippen LogP contribution in [0.3, 0.4) is 0 Å². The number of ether oxygens (including phenoxy) is 1. The highest BCUT2D eigenvalue weighted by Gasteiger charge is 2.10. The molecule has 9 heteroatoms. The first kappa shape index (κ1) is 19.3. The zero-order valence-corrected chi connectivity index (χ0v) is 18.7. The second-order valence-corrected chi connectivity index (χ2v) is 7.99. The van der Waals surface area contributed by atoms with Crippen molar-refractivity contribution in [3.63, 3.8) is 0 Å². The van der Waals surface area contributed by atoms with Crippen LogP contribution in [0.4, 0.5) is 0 Å². The Balaban J connectivity index is 1.97. The molecule has 0 amide bonds. The number of aromatic nitrogens is 3. The fraction of sp³-hybridized carbons (Fsp3) is 0.118. The van der Waals surface area contributed by atoms with Gasteiger partial charge in [-0.2, -0.15) is 14.9 Å². The third-order valence-electron chi connectivity index (χ3n) is 3.44. The Bertz CT molecular complexity index is 1010. The summed E-state index contributed by atoms with van der Waals surface area (Å²) in [7, 11) is 0. The van der Waals surface area contributed by atoms with E-state index in [1.165, 1.54) is 4.68 Å². The Morgan fingerprint density at radius 2 is 2.04 bits per heavy atom. The van der Waals surface area contributed by atoms with E-state index in [2.05, 4.69) is 60.5 Å². The predicted octanol–water partition coefficient (Wildman–Crippen LogP) is 4.80. The standard InChI is InChI=1S/C17H14I2N4O2S/c1-2-25-13-5-3-10(4-6-13)16-21-22-17(26)23(16)20-9-11-7-12(18)8-14(19)15(11)24/h3-9,24H,2H2,1H3,(H,22,26)/b20-9+. The van der Waals surface area contributed by atoms with Gasteiger partial charge < -0.3 is 9.84 Å². The summed E-state index contributed by atoms with van der Waals surface area (Å²) in [4.78, 5) is 0. The van der Waals surface area contributed by atoms with Crippen molar-refractivity contribution in [2.45, 2.75) is 6.92 Å². The molecule has 0 radical (unpaired) electrons. The van der Waals surface area contributed by atoms with Gasteiger partial charge in [0.15, 0.2) is 5.82 Å². The van der Waals surface area contributed by atoms with Crippen molar-refractivity contribution >= 4 is 63.6 Å². The van der Waals surface area contributed by atoms with E-state index in [1.807, 2.05) is 43.3 Å². The van der Waals surface area contributed by atoms with Gasteiger partial charge in [-0.25, -0.2) is 5.10 Å². The molecule has 6 nitrogen and oxygen atoms in total. The SMILES string of the molecule is CCOc1ccc(-c2n[nH]c(=S)n2/N=C/c2cc(I)cc(I)c2O)cc1. The van der Waals surface area contributed by atoms with Crippen LogP contribution in [0.25, 0.3) is 11.4 Å². The van der Waals surface area contributed by atoms with Crippen LogP contribution in [0.1, 0.15) is 12.5 Å². The van der Waals surface area contributed by atoms with Crippen LogP contribution in [0.15, 0.2) is 41.5 Å². The summed E-state index contributed by atoms with van der Waals surface area (Å²) in [5.74, 6) is 1.56. The van der Waals surface area contributed by atoms with E-state index in [1.54, 1.807) is 6.21 Å². The highest BCUT2D eigenvalue weighted by atomic mass is 127. The fourth-order valence-electron chi connectivity index (χ4n) is 2.26. The summed E-state index contributed by atoms with van der Waals surface area (Å²) >= 11 is 9.57. The number of nitrogens with zero attached hydrogens (tertiary/aromatic N) is 3. The second kappa shape index (κ2) is 8.48. The first-order chi connectivity index (χ1) is 12.5. The highest BCUT2D eigenvalue weighted by molar-refractivity contribution is 14.1. The van der Waals surface area contributed by atoms with Gasteiger partial charge in [0.1, 0.15) is 11.5 Å². The number of hydrogen-bond acceptors (Lipinski definition) is 5. The first-order valence-electron chi connectivity index (χ1n) is 7.62. The van der Waals surface area contributed by atoms with Crippen LogP contribution in [0, 0.1) is 11.9 Å². The van der Waals surface area contributed by atoms with Crippen LogP contribution >= 0.6 is 57.4 Å². The van der Waals surface area contributed by atoms with Gasteiger partial charge in [0, 0.05) is 14.7 Å². The number of aromatic hydroxyl groups is 1. The van der Waals surface area contributed by atoms with Gasteiger partial charge in [0.25, 0.3) is 0 Å². The molecule has 0 saturated carbocycles. The molecule has 0 aliphatic carbocycles. The van der Waals surface area contributed by atoms with E-state index < -0.39 is 0 Å². The van der Waals surface area contributed by atoms with Gasteiger partial charge in [-0.3, -0.25) is 0 Å². The molecule has 3 rings (SSSR count). The molecule has 0 saturated heterocycles. The lowest BCUT2D eigenvalue weighted by Crippen LogP contribution is -1.96. The monoisotopic (exact) mass is 592 g/mol. The normalized spacial score (nSPS) is 11.2. The number of rotatable bonds is 5. The van der Waals surface area contributed by atoms with E-state index in [-0.39, 0.29) is 5.75 Å². The van der Waals surface area contributed by atoms with Crippen LogP contribution in [-0.4, -0.2) is 32.8 Å². The Hall–Kier alpha value is -1.47. The second-order valence-electron chi connectivity index (χ2n) is 5.19. The lowest BCUT2D eigenvalue weighted by Gasteiger charge is -2.05. The molecule has 0 unspecified atom stereocenters. The van der Waals surface area contributed by atoms with Crippen LogP contribution in [0.5, 0.6) is 11.5 Å². The van der Waals surface area contributed by atoms with Gasteiger partial charge in [0.2, 0.25) is 4.77 Å². The molecule has 2 N–H and O–H groups in total. The van der Waals surface area contributed by atoms with Crippen molar-refractivity contribution in [1.82, 2.24) is 14.9 Å². The third kappa shape index (κ3) is 4.26. The summed E-state index contributed by atoms with van der Waals surface area (Å²) in [6, 6.07) is 11.3. The van der Waals surface area contributed by atoms with Crippen molar-refractivity contribution in [1.29, 1.82) is 0 Å². The average Bonchev–Trinajstić information content (AvgIpc) is 2.98. The zero-order chi connectivity index (χ0) is 18.7. The number of nitrogens with one attached hydrogen (secondary N) is 1. The number of H-pyrrole nitrogens is 1. The molecule has 0 aliphatic rings.